The van der Waals surface area contributed by atoms with Crippen LogP contribution >= 0.6 is 11.6 Å². The number of hydrogen-bond donors (Lipinski definition) is 0. The van der Waals surface area contributed by atoms with E-state index in [9.17, 15) is 14.0 Å². The van der Waals surface area contributed by atoms with Gasteiger partial charge in [0.1, 0.15) is 5.82 Å². The zero-order chi connectivity index (χ0) is 15.9. The Morgan fingerprint density at radius 2 is 1.73 bits per heavy atom. The number of benzene rings is 2. The van der Waals surface area contributed by atoms with Crippen LogP contribution in [0.1, 0.15) is 15.9 Å². The van der Waals surface area contributed by atoms with E-state index in [1.807, 2.05) is 0 Å². The lowest BCUT2D eigenvalue weighted by atomic mass is 9.92. The van der Waals surface area contributed by atoms with Crippen molar-refractivity contribution in [1.82, 2.24) is 0 Å². The van der Waals surface area contributed by atoms with Crippen molar-refractivity contribution in [2.75, 3.05) is 11.9 Å². The molecule has 0 aliphatic heterocycles. The third kappa shape index (κ3) is 2.31. The topological polar surface area (TPSA) is 37.4 Å². The van der Waals surface area contributed by atoms with E-state index < -0.39 is 17.4 Å². The predicted octanol–water partition coefficient (Wildman–Crippen LogP) is 3.72. The Hall–Kier alpha value is -2.46. The fourth-order valence-corrected chi connectivity index (χ4v) is 2.59. The van der Waals surface area contributed by atoms with E-state index in [0.29, 0.717) is 22.5 Å². The number of hydrogen-bond acceptors (Lipinski definition) is 3. The minimum Gasteiger partial charge on any atom is -0.344 e. The highest BCUT2D eigenvalue weighted by molar-refractivity contribution is 6.50. The van der Waals surface area contributed by atoms with Crippen LogP contribution in [0.4, 0.5) is 10.1 Å². The first-order valence-corrected chi connectivity index (χ1v) is 6.95. The van der Waals surface area contributed by atoms with E-state index in [1.54, 1.807) is 42.3 Å². The van der Waals surface area contributed by atoms with Gasteiger partial charge in [0.15, 0.2) is 0 Å². The Morgan fingerprint density at radius 3 is 2.41 bits per heavy atom. The van der Waals surface area contributed by atoms with Crippen molar-refractivity contribution in [3.63, 3.8) is 0 Å². The van der Waals surface area contributed by atoms with Crippen LogP contribution in [0, 0.1) is 5.82 Å². The molecule has 0 radical (unpaired) electrons. The van der Waals surface area contributed by atoms with Crippen LogP contribution in [0.15, 0.2) is 48.5 Å². The number of nitrogens with zero attached hydrogens (tertiary/aromatic N) is 1. The third-order valence-electron chi connectivity index (χ3n) is 3.59. The minimum absolute atomic E-state index is 0.00329. The molecule has 0 spiro atoms. The van der Waals surface area contributed by atoms with Gasteiger partial charge in [-0.1, -0.05) is 35.9 Å². The normalized spacial score (nSPS) is 13.7. The molecule has 0 heterocycles. The molecule has 0 saturated heterocycles. The quantitative estimate of drug-likeness (QED) is 0.793. The molecule has 3 rings (SSSR count). The number of carbonyl (C=O) groups is 2. The number of ketones is 2. The summed E-state index contributed by atoms with van der Waals surface area (Å²) in [6.45, 7) is 0. The molecule has 110 valence electrons. The fourth-order valence-electron chi connectivity index (χ4n) is 2.41. The molecule has 22 heavy (non-hydrogen) atoms. The summed E-state index contributed by atoms with van der Waals surface area (Å²) < 4.78 is 13.3. The van der Waals surface area contributed by atoms with Gasteiger partial charge in [-0.25, -0.2) is 4.39 Å². The smallest absolute Gasteiger partial charge is 0.233 e. The van der Waals surface area contributed by atoms with Gasteiger partial charge in [0.25, 0.3) is 0 Å². The lowest BCUT2D eigenvalue weighted by Gasteiger charge is -2.26. The summed E-state index contributed by atoms with van der Waals surface area (Å²) >= 11 is 5.81. The van der Waals surface area contributed by atoms with Crippen LogP contribution in [0.2, 0.25) is 5.02 Å². The number of anilines is 1. The molecule has 0 bridgehead atoms. The number of halogens is 2. The van der Waals surface area contributed by atoms with Crippen LogP contribution in [0.25, 0.3) is 5.70 Å². The Balaban J connectivity index is 2.10. The predicted molar refractivity (Wildman–Crippen MR) is 83.6 cm³/mol. The molecule has 0 unspecified atom stereocenters. The van der Waals surface area contributed by atoms with Crippen LogP contribution in [-0.4, -0.2) is 18.6 Å². The average Bonchev–Trinajstić information content (AvgIpc) is 2.53. The van der Waals surface area contributed by atoms with Crippen LogP contribution < -0.4 is 4.90 Å². The highest BCUT2D eigenvalue weighted by atomic mass is 35.5. The maximum absolute atomic E-state index is 13.3. The summed E-state index contributed by atoms with van der Waals surface area (Å²) in [7, 11) is 1.73. The molecule has 0 aromatic heterocycles. The van der Waals surface area contributed by atoms with Gasteiger partial charge in [-0.15, -0.1) is 0 Å². The second kappa shape index (κ2) is 5.39. The van der Waals surface area contributed by atoms with E-state index >= 15 is 0 Å². The first-order valence-electron chi connectivity index (χ1n) is 6.57. The summed E-state index contributed by atoms with van der Waals surface area (Å²) in [5.41, 5.74) is 2.22. The largest absolute Gasteiger partial charge is 0.344 e. The standard InChI is InChI=1S/C17H11ClFNO2/c1-20(10-6-7-14(19)13(18)8-10)15-9-16(21)17(22)12-5-3-2-4-11(12)15/h2-9H,1H3. The van der Waals surface area contributed by atoms with Crippen molar-refractivity contribution < 1.29 is 14.0 Å². The summed E-state index contributed by atoms with van der Waals surface area (Å²) in [4.78, 5) is 25.5. The van der Waals surface area contributed by atoms with E-state index in [1.165, 1.54) is 18.2 Å². The van der Waals surface area contributed by atoms with Gasteiger partial charge in [0.2, 0.25) is 11.6 Å². The molecule has 1 aliphatic carbocycles. The molecule has 0 N–H and O–H groups in total. The van der Waals surface area contributed by atoms with Crippen molar-refractivity contribution in [3.05, 3.63) is 70.5 Å². The zero-order valence-corrected chi connectivity index (χ0v) is 12.4. The van der Waals surface area contributed by atoms with Gasteiger partial charge in [0, 0.05) is 29.9 Å². The number of fused-ring (bicyclic) bond motifs is 1. The Bertz CT molecular complexity index is 829. The average molecular weight is 316 g/mol. The second-order valence-electron chi connectivity index (χ2n) is 4.93. The van der Waals surface area contributed by atoms with E-state index in [4.69, 9.17) is 11.6 Å². The van der Waals surface area contributed by atoms with E-state index in [0.717, 1.165) is 0 Å². The molecule has 0 amide bonds. The van der Waals surface area contributed by atoms with Crippen LogP contribution in [0.5, 0.6) is 0 Å². The summed E-state index contributed by atoms with van der Waals surface area (Å²) in [6.07, 6.45) is 1.29. The van der Waals surface area contributed by atoms with Gasteiger partial charge in [-0.05, 0) is 18.2 Å². The molecule has 0 fully saturated rings. The summed E-state index contributed by atoms with van der Waals surface area (Å²) in [5.74, 6) is -1.61. The fraction of sp³-hybridized carbons (Fsp3) is 0.0588. The molecular formula is C17H11ClFNO2. The second-order valence-corrected chi connectivity index (χ2v) is 5.33. The first-order chi connectivity index (χ1) is 10.5. The molecular weight excluding hydrogens is 305 g/mol. The van der Waals surface area contributed by atoms with Gasteiger partial charge < -0.3 is 4.90 Å². The third-order valence-corrected chi connectivity index (χ3v) is 3.88. The molecule has 0 atom stereocenters. The molecule has 2 aromatic carbocycles. The van der Waals surface area contributed by atoms with Crippen molar-refractivity contribution in [1.29, 1.82) is 0 Å². The first kappa shape index (κ1) is 14.5. The van der Waals surface area contributed by atoms with Gasteiger partial charge in [-0.2, -0.15) is 0 Å². The van der Waals surface area contributed by atoms with Crippen molar-refractivity contribution in [2.45, 2.75) is 0 Å². The Labute approximate surface area is 131 Å². The number of carbonyl (C=O) groups excluding carboxylic acids is 2. The van der Waals surface area contributed by atoms with Crippen molar-refractivity contribution in [3.8, 4) is 0 Å². The van der Waals surface area contributed by atoms with Gasteiger partial charge >= 0.3 is 0 Å². The molecule has 5 heteroatoms. The van der Waals surface area contributed by atoms with Crippen LogP contribution in [0.3, 0.4) is 0 Å². The highest BCUT2D eigenvalue weighted by Crippen LogP contribution is 2.32. The molecule has 0 saturated carbocycles. The molecule has 3 nitrogen and oxygen atoms in total. The highest BCUT2D eigenvalue weighted by Gasteiger charge is 2.27. The Kier molecular flexibility index (Phi) is 3.54. The maximum Gasteiger partial charge on any atom is 0.233 e. The minimum atomic E-state index is -0.575. The maximum atomic E-state index is 13.3. The van der Waals surface area contributed by atoms with Crippen molar-refractivity contribution >= 4 is 34.6 Å². The number of allylic oxidation sites excluding steroid dienone is 1. The van der Waals surface area contributed by atoms with Gasteiger partial charge in [-0.3, -0.25) is 9.59 Å². The van der Waals surface area contributed by atoms with Gasteiger partial charge in [0.05, 0.1) is 10.7 Å². The monoisotopic (exact) mass is 315 g/mol. The number of rotatable bonds is 2. The summed E-state index contributed by atoms with van der Waals surface area (Å²) in [5, 5.41) is -0.00329. The molecule has 2 aromatic rings. The number of Topliss-reactive ketones (excluding diaryl/α,β-unsaturated/α-hetero) is 1. The molecule has 1 aliphatic rings. The lowest BCUT2D eigenvalue weighted by molar-refractivity contribution is -0.111. The van der Waals surface area contributed by atoms with E-state index in [-0.39, 0.29) is 5.02 Å². The zero-order valence-electron chi connectivity index (χ0n) is 11.6. The summed E-state index contributed by atoms with van der Waals surface area (Å²) in [6, 6.07) is 11.2. The van der Waals surface area contributed by atoms with E-state index in [2.05, 4.69) is 0 Å². The lowest BCUT2D eigenvalue weighted by Crippen LogP contribution is -2.25. The Morgan fingerprint density at radius 1 is 1.05 bits per heavy atom. The van der Waals surface area contributed by atoms with Crippen LogP contribution in [-0.2, 0) is 4.79 Å². The van der Waals surface area contributed by atoms with Crippen molar-refractivity contribution in [2.24, 2.45) is 0 Å². The SMILES string of the molecule is CN(C1=CC(=O)C(=O)c2ccccc21)c1ccc(F)c(Cl)c1.